The molecule has 5 atom stereocenters. The Morgan fingerprint density at radius 2 is 1.95 bits per heavy atom. The fourth-order valence-electron chi connectivity index (χ4n) is 3.41. The van der Waals surface area contributed by atoms with E-state index in [0.717, 1.165) is 12.8 Å². The van der Waals surface area contributed by atoms with Crippen molar-refractivity contribution in [3.05, 3.63) is 0 Å². The Bertz CT molecular complexity index is 395. The predicted molar refractivity (Wildman–Crippen MR) is 63.2 cm³/mol. The molecule has 0 aromatic carbocycles. The molecule has 0 bridgehead atoms. The van der Waals surface area contributed by atoms with Crippen LogP contribution >= 0.6 is 0 Å². The Labute approximate surface area is 112 Å². The van der Waals surface area contributed by atoms with E-state index < -0.39 is 17.7 Å². The molecule has 6 nitrogen and oxygen atoms in total. The molecule has 3 aliphatic rings. The first-order chi connectivity index (χ1) is 8.93. The minimum Gasteiger partial charge on any atom is -0.469 e. The van der Waals surface area contributed by atoms with E-state index in [1.807, 2.05) is 13.8 Å². The van der Waals surface area contributed by atoms with E-state index in [1.54, 1.807) is 7.11 Å². The average molecular weight is 272 g/mol. The number of carbonyl (C=O) groups excluding carboxylic acids is 1. The Morgan fingerprint density at radius 3 is 2.47 bits per heavy atom. The van der Waals surface area contributed by atoms with Gasteiger partial charge in [-0.15, -0.1) is 0 Å². The summed E-state index contributed by atoms with van der Waals surface area (Å²) in [6.45, 7) is 3.72. The van der Waals surface area contributed by atoms with Gasteiger partial charge in [-0.05, 0) is 26.7 Å². The highest BCUT2D eigenvalue weighted by atomic mass is 16.8. The van der Waals surface area contributed by atoms with E-state index in [4.69, 9.17) is 23.7 Å². The molecule has 3 fully saturated rings. The first-order valence-corrected chi connectivity index (χ1v) is 6.57. The van der Waals surface area contributed by atoms with Gasteiger partial charge in [0.15, 0.2) is 12.1 Å². The number of rotatable bonds is 2. The lowest BCUT2D eigenvalue weighted by Crippen LogP contribution is -2.59. The molecule has 0 aromatic heterocycles. The van der Waals surface area contributed by atoms with Gasteiger partial charge in [0.25, 0.3) is 0 Å². The topological polar surface area (TPSA) is 63.2 Å². The third-order valence-corrected chi connectivity index (χ3v) is 4.35. The first kappa shape index (κ1) is 13.3. The van der Waals surface area contributed by atoms with Crippen molar-refractivity contribution < 1.29 is 28.5 Å². The van der Waals surface area contributed by atoms with Crippen LogP contribution < -0.4 is 0 Å². The van der Waals surface area contributed by atoms with Gasteiger partial charge in [0.05, 0.1) is 13.0 Å². The number of fused-ring (bicyclic) bond motifs is 2. The largest absolute Gasteiger partial charge is 0.469 e. The summed E-state index contributed by atoms with van der Waals surface area (Å²) >= 11 is 0. The lowest BCUT2D eigenvalue weighted by molar-refractivity contribution is -0.279. The lowest BCUT2D eigenvalue weighted by atomic mass is 9.66. The Kier molecular flexibility index (Phi) is 2.91. The minimum absolute atomic E-state index is 0.255. The van der Waals surface area contributed by atoms with E-state index in [0.29, 0.717) is 0 Å². The molecule has 3 rings (SSSR count). The first-order valence-electron chi connectivity index (χ1n) is 6.57. The quantitative estimate of drug-likeness (QED) is 0.694. The van der Waals surface area contributed by atoms with Crippen LogP contribution in [0.5, 0.6) is 0 Å². The summed E-state index contributed by atoms with van der Waals surface area (Å²) in [7, 11) is 2.96. The third kappa shape index (κ3) is 1.74. The number of hydrogen-bond donors (Lipinski definition) is 0. The number of carbonyl (C=O) groups is 1. The van der Waals surface area contributed by atoms with Crippen LogP contribution in [0.15, 0.2) is 0 Å². The molecule has 1 aliphatic carbocycles. The zero-order valence-electron chi connectivity index (χ0n) is 11.7. The van der Waals surface area contributed by atoms with Gasteiger partial charge in [-0.2, -0.15) is 0 Å². The van der Waals surface area contributed by atoms with E-state index in [-0.39, 0.29) is 24.1 Å². The van der Waals surface area contributed by atoms with Crippen molar-refractivity contribution in [2.45, 2.75) is 56.6 Å². The second-order valence-electron chi connectivity index (χ2n) is 5.81. The van der Waals surface area contributed by atoms with E-state index >= 15 is 0 Å². The van der Waals surface area contributed by atoms with E-state index in [2.05, 4.69) is 0 Å². The fraction of sp³-hybridized carbons (Fsp3) is 0.923. The van der Waals surface area contributed by atoms with Gasteiger partial charge in [0.1, 0.15) is 17.8 Å². The molecule has 1 unspecified atom stereocenters. The Balaban J connectivity index is 1.89. The summed E-state index contributed by atoms with van der Waals surface area (Å²) in [5.74, 6) is -1.24. The standard InChI is InChI=1S/C13H20O6/c1-12(2)17-8-9(18-12)13(19-11(8)16-4)6-5-7(13)10(14)15-3/h7-9,11H,5-6H2,1-4H3/t7-,8-,9?,11+,13+/m0/s1. The summed E-state index contributed by atoms with van der Waals surface area (Å²) in [6, 6.07) is 0. The molecule has 108 valence electrons. The maximum absolute atomic E-state index is 11.9. The summed E-state index contributed by atoms with van der Waals surface area (Å²) in [5.41, 5.74) is -0.661. The summed E-state index contributed by atoms with van der Waals surface area (Å²) in [5, 5.41) is 0. The number of methoxy groups -OCH3 is 2. The van der Waals surface area contributed by atoms with Crippen LogP contribution in [-0.4, -0.2) is 50.1 Å². The summed E-state index contributed by atoms with van der Waals surface area (Å²) < 4.78 is 27.9. The number of hydrogen-bond acceptors (Lipinski definition) is 6. The SMILES string of the molecule is COC(=O)[C@@H]1CC[C@@]12O[C@@H](OC)[C@H]1OC(C)(C)OC12. The van der Waals surface area contributed by atoms with Crippen molar-refractivity contribution in [3.8, 4) is 0 Å². The van der Waals surface area contributed by atoms with Crippen molar-refractivity contribution >= 4 is 5.97 Å². The highest BCUT2D eigenvalue weighted by Gasteiger charge is 2.70. The molecule has 1 spiro atoms. The third-order valence-electron chi connectivity index (χ3n) is 4.35. The second-order valence-corrected chi connectivity index (χ2v) is 5.81. The average Bonchev–Trinajstić information content (AvgIpc) is 2.79. The zero-order valence-corrected chi connectivity index (χ0v) is 11.7. The molecule has 0 N–H and O–H groups in total. The zero-order chi connectivity index (χ0) is 13.8. The van der Waals surface area contributed by atoms with Gasteiger partial charge in [-0.3, -0.25) is 4.79 Å². The molecule has 0 amide bonds. The van der Waals surface area contributed by atoms with Gasteiger partial charge >= 0.3 is 5.97 Å². The van der Waals surface area contributed by atoms with Crippen molar-refractivity contribution in [1.29, 1.82) is 0 Å². The lowest BCUT2D eigenvalue weighted by Gasteiger charge is -2.47. The van der Waals surface area contributed by atoms with Crippen LogP contribution in [-0.2, 0) is 28.5 Å². The fourth-order valence-corrected chi connectivity index (χ4v) is 3.41. The van der Waals surface area contributed by atoms with E-state index in [9.17, 15) is 4.79 Å². The monoisotopic (exact) mass is 272 g/mol. The van der Waals surface area contributed by atoms with Gasteiger partial charge < -0.3 is 23.7 Å². The summed E-state index contributed by atoms with van der Waals surface area (Å²) in [6.07, 6.45) is 0.417. The number of ether oxygens (including phenoxy) is 5. The van der Waals surface area contributed by atoms with Crippen molar-refractivity contribution in [2.24, 2.45) is 5.92 Å². The molecule has 2 heterocycles. The maximum atomic E-state index is 11.9. The van der Waals surface area contributed by atoms with Crippen LogP contribution in [0.2, 0.25) is 0 Å². The van der Waals surface area contributed by atoms with Gasteiger partial charge in [-0.1, -0.05) is 0 Å². The van der Waals surface area contributed by atoms with Crippen molar-refractivity contribution in [2.75, 3.05) is 14.2 Å². The normalized spacial score (nSPS) is 46.9. The molecule has 6 heteroatoms. The van der Waals surface area contributed by atoms with E-state index in [1.165, 1.54) is 7.11 Å². The van der Waals surface area contributed by atoms with Crippen LogP contribution in [0.25, 0.3) is 0 Å². The molecule has 2 aliphatic heterocycles. The van der Waals surface area contributed by atoms with Gasteiger partial charge in [0.2, 0.25) is 0 Å². The maximum Gasteiger partial charge on any atom is 0.311 e. The van der Waals surface area contributed by atoms with Crippen molar-refractivity contribution in [3.63, 3.8) is 0 Å². The van der Waals surface area contributed by atoms with Crippen LogP contribution in [0.4, 0.5) is 0 Å². The molecule has 19 heavy (non-hydrogen) atoms. The molecule has 0 radical (unpaired) electrons. The Hall–Kier alpha value is -0.690. The predicted octanol–water partition coefficient (Wildman–Crippen LogP) is 0.831. The van der Waals surface area contributed by atoms with Crippen LogP contribution in [0.1, 0.15) is 26.7 Å². The molecule has 1 saturated carbocycles. The number of esters is 1. The molecular weight excluding hydrogens is 252 g/mol. The van der Waals surface area contributed by atoms with Crippen LogP contribution in [0, 0.1) is 5.92 Å². The van der Waals surface area contributed by atoms with Gasteiger partial charge in [-0.25, -0.2) is 0 Å². The molecule has 0 aromatic rings. The highest BCUT2D eigenvalue weighted by Crippen LogP contribution is 2.56. The smallest absolute Gasteiger partial charge is 0.311 e. The van der Waals surface area contributed by atoms with Crippen molar-refractivity contribution in [1.82, 2.24) is 0 Å². The minimum atomic E-state index is -0.681. The van der Waals surface area contributed by atoms with Gasteiger partial charge in [0, 0.05) is 7.11 Å². The van der Waals surface area contributed by atoms with Crippen LogP contribution in [0.3, 0.4) is 0 Å². The highest BCUT2D eigenvalue weighted by molar-refractivity contribution is 5.75. The molecule has 2 saturated heterocycles. The summed E-state index contributed by atoms with van der Waals surface area (Å²) in [4.78, 5) is 11.9. The Morgan fingerprint density at radius 1 is 1.21 bits per heavy atom. The second kappa shape index (κ2) is 4.15. The molecular formula is C13H20O6.